The molecule has 0 bridgehead atoms. The van der Waals surface area contributed by atoms with Gasteiger partial charge in [0.2, 0.25) is 0 Å². The average Bonchev–Trinajstić information content (AvgIpc) is 2.33. The third kappa shape index (κ3) is 0.897. The number of aryl methyl sites for hydroxylation is 3. The SMILES string of the molecule is Cc1cc(C)n2ncc(C)c2n1. The zero-order valence-corrected chi connectivity index (χ0v) is 7.50. The van der Waals surface area contributed by atoms with Gasteiger partial charge in [-0.1, -0.05) is 0 Å². The Kier molecular flexibility index (Phi) is 1.40. The van der Waals surface area contributed by atoms with Crippen LogP contribution >= 0.6 is 0 Å². The van der Waals surface area contributed by atoms with Crippen LogP contribution in [0.25, 0.3) is 5.65 Å². The Morgan fingerprint density at radius 2 is 2.00 bits per heavy atom. The molecule has 2 aromatic heterocycles. The van der Waals surface area contributed by atoms with Crippen LogP contribution in [0.4, 0.5) is 0 Å². The molecule has 0 aromatic carbocycles. The topological polar surface area (TPSA) is 30.2 Å². The van der Waals surface area contributed by atoms with Crippen LogP contribution in [0, 0.1) is 20.8 Å². The lowest BCUT2D eigenvalue weighted by Gasteiger charge is -1.99. The van der Waals surface area contributed by atoms with Gasteiger partial charge in [0, 0.05) is 17.0 Å². The smallest absolute Gasteiger partial charge is 0.158 e. The van der Waals surface area contributed by atoms with Gasteiger partial charge in [-0.2, -0.15) is 5.10 Å². The van der Waals surface area contributed by atoms with Crippen LogP contribution < -0.4 is 0 Å². The van der Waals surface area contributed by atoms with Crippen LogP contribution in [-0.4, -0.2) is 14.6 Å². The van der Waals surface area contributed by atoms with Crippen LogP contribution in [0.1, 0.15) is 17.0 Å². The average molecular weight is 161 g/mol. The van der Waals surface area contributed by atoms with E-state index in [1.807, 2.05) is 37.5 Å². The van der Waals surface area contributed by atoms with E-state index in [4.69, 9.17) is 0 Å². The Morgan fingerprint density at radius 3 is 2.75 bits per heavy atom. The van der Waals surface area contributed by atoms with Gasteiger partial charge in [0.15, 0.2) is 5.65 Å². The Balaban J connectivity index is 2.92. The first-order valence-corrected chi connectivity index (χ1v) is 3.97. The molecular formula is C9H11N3. The van der Waals surface area contributed by atoms with Gasteiger partial charge in [-0.25, -0.2) is 9.50 Å². The largest absolute Gasteiger partial charge is 0.234 e. The van der Waals surface area contributed by atoms with E-state index in [-0.39, 0.29) is 0 Å². The number of hydrogen-bond acceptors (Lipinski definition) is 2. The molecule has 0 atom stereocenters. The number of rotatable bonds is 0. The molecule has 2 aromatic rings. The summed E-state index contributed by atoms with van der Waals surface area (Å²) in [6, 6.07) is 2.03. The van der Waals surface area contributed by atoms with E-state index in [1.165, 1.54) is 0 Å². The monoisotopic (exact) mass is 161 g/mol. The van der Waals surface area contributed by atoms with E-state index >= 15 is 0 Å². The zero-order valence-electron chi connectivity index (χ0n) is 7.50. The highest BCUT2D eigenvalue weighted by molar-refractivity contribution is 5.46. The minimum Gasteiger partial charge on any atom is -0.234 e. The van der Waals surface area contributed by atoms with E-state index in [9.17, 15) is 0 Å². The van der Waals surface area contributed by atoms with Crippen molar-refractivity contribution in [3.8, 4) is 0 Å². The first-order chi connectivity index (χ1) is 5.68. The molecule has 0 unspecified atom stereocenters. The lowest BCUT2D eigenvalue weighted by Crippen LogP contribution is -1.97. The van der Waals surface area contributed by atoms with Gasteiger partial charge in [0.1, 0.15) is 0 Å². The predicted octanol–water partition coefficient (Wildman–Crippen LogP) is 1.65. The highest BCUT2D eigenvalue weighted by Gasteiger charge is 2.02. The second-order valence-electron chi connectivity index (χ2n) is 3.10. The number of nitrogens with zero attached hydrogens (tertiary/aromatic N) is 3. The van der Waals surface area contributed by atoms with Gasteiger partial charge >= 0.3 is 0 Å². The summed E-state index contributed by atoms with van der Waals surface area (Å²) in [5.74, 6) is 0. The molecule has 0 aliphatic carbocycles. The summed E-state index contributed by atoms with van der Waals surface area (Å²) >= 11 is 0. The maximum Gasteiger partial charge on any atom is 0.158 e. The Bertz CT molecular complexity index is 429. The van der Waals surface area contributed by atoms with E-state index in [0.29, 0.717) is 0 Å². The molecule has 0 aliphatic heterocycles. The van der Waals surface area contributed by atoms with Gasteiger partial charge in [-0.3, -0.25) is 0 Å². The Hall–Kier alpha value is -1.38. The molecule has 0 radical (unpaired) electrons. The lowest BCUT2D eigenvalue weighted by molar-refractivity contribution is 0.886. The van der Waals surface area contributed by atoms with Crippen molar-refractivity contribution >= 4 is 5.65 Å². The van der Waals surface area contributed by atoms with Crippen molar-refractivity contribution in [2.45, 2.75) is 20.8 Å². The molecule has 3 heteroatoms. The zero-order chi connectivity index (χ0) is 8.72. The second kappa shape index (κ2) is 2.30. The van der Waals surface area contributed by atoms with Crippen LogP contribution in [0.15, 0.2) is 12.3 Å². The van der Waals surface area contributed by atoms with E-state index in [0.717, 1.165) is 22.6 Å². The number of aromatic nitrogens is 3. The predicted molar refractivity (Wildman–Crippen MR) is 47.2 cm³/mol. The third-order valence-electron chi connectivity index (χ3n) is 1.95. The van der Waals surface area contributed by atoms with E-state index in [2.05, 4.69) is 10.1 Å². The Labute approximate surface area is 71.1 Å². The van der Waals surface area contributed by atoms with Crippen LogP contribution in [0.3, 0.4) is 0 Å². The quantitative estimate of drug-likeness (QED) is 0.588. The molecule has 0 saturated heterocycles. The standard InChI is InChI=1S/C9H11N3/c1-6-5-10-12-8(3)4-7(2)11-9(6)12/h4-5H,1-3H3. The fourth-order valence-corrected chi connectivity index (χ4v) is 1.38. The van der Waals surface area contributed by atoms with E-state index < -0.39 is 0 Å². The second-order valence-corrected chi connectivity index (χ2v) is 3.10. The molecule has 2 rings (SSSR count). The number of hydrogen-bond donors (Lipinski definition) is 0. The van der Waals surface area contributed by atoms with Crippen molar-refractivity contribution in [3.63, 3.8) is 0 Å². The summed E-state index contributed by atoms with van der Waals surface area (Å²) in [6.07, 6.45) is 1.84. The van der Waals surface area contributed by atoms with Crippen molar-refractivity contribution in [3.05, 3.63) is 29.2 Å². The van der Waals surface area contributed by atoms with Crippen molar-refractivity contribution in [2.24, 2.45) is 0 Å². The molecule has 0 saturated carbocycles. The maximum atomic E-state index is 4.40. The molecule has 0 fully saturated rings. The molecule has 12 heavy (non-hydrogen) atoms. The van der Waals surface area contributed by atoms with Crippen LogP contribution in [0.5, 0.6) is 0 Å². The van der Waals surface area contributed by atoms with Crippen molar-refractivity contribution < 1.29 is 0 Å². The summed E-state index contributed by atoms with van der Waals surface area (Å²) < 4.78 is 1.86. The van der Waals surface area contributed by atoms with Gasteiger partial charge in [0.05, 0.1) is 6.20 Å². The summed E-state index contributed by atoms with van der Waals surface area (Å²) in [4.78, 5) is 4.40. The highest BCUT2D eigenvalue weighted by atomic mass is 15.2. The molecule has 0 N–H and O–H groups in total. The van der Waals surface area contributed by atoms with Gasteiger partial charge in [-0.05, 0) is 26.8 Å². The molecule has 3 nitrogen and oxygen atoms in total. The maximum absolute atomic E-state index is 4.40. The molecule has 0 aliphatic rings. The van der Waals surface area contributed by atoms with Gasteiger partial charge in [0.25, 0.3) is 0 Å². The molecule has 62 valence electrons. The van der Waals surface area contributed by atoms with Crippen molar-refractivity contribution in [2.75, 3.05) is 0 Å². The fourth-order valence-electron chi connectivity index (χ4n) is 1.38. The summed E-state index contributed by atoms with van der Waals surface area (Å²) in [7, 11) is 0. The molecule has 2 heterocycles. The summed E-state index contributed by atoms with van der Waals surface area (Å²) in [5, 5.41) is 4.21. The molecule has 0 amide bonds. The molecule has 0 spiro atoms. The summed E-state index contributed by atoms with van der Waals surface area (Å²) in [5.41, 5.74) is 4.27. The minimum atomic E-state index is 0.965. The van der Waals surface area contributed by atoms with Crippen molar-refractivity contribution in [1.82, 2.24) is 14.6 Å². The van der Waals surface area contributed by atoms with Crippen LogP contribution in [-0.2, 0) is 0 Å². The Morgan fingerprint density at radius 1 is 1.25 bits per heavy atom. The minimum absolute atomic E-state index is 0.965. The van der Waals surface area contributed by atoms with E-state index in [1.54, 1.807) is 0 Å². The fraction of sp³-hybridized carbons (Fsp3) is 0.333. The van der Waals surface area contributed by atoms with Gasteiger partial charge < -0.3 is 0 Å². The summed E-state index contributed by atoms with van der Waals surface area (Å²) in [6.45, 7) is 6.06. The highest BCUT2D eigenvalue weighted by Crippen LogP contribution is 2.09. The number of fused-ring (bicyclic) bond motifs is 1. The van der Waals surface area contributed by atoms with Crippen LogP contribution in [0.2, 0.25) is 0 Å². The molecular weight excluding hydrogens is 150 g/mol. The lowest BCUT2D eigenvalue weighted by atomic mass is 10.3. The first kappa shape index (κ1) is 7.28. The first-order valence-electron chi connectivity index (χ1n) is 3.97. The van der Waals surface area contributed by atoms with Gasteiger partial charge in [-0.15, -0.1) is 0 Å². The normalized spacial score (nSPS) is 10.9. The third-order valence-corrected chi connectivity index (χ3v) is 1.95. The van der Waals surface area contributed by atoms with Crippen molar-refractivity contribution in [1.29, 1.82) is 0 Å².